The van der Waals surface area contributed by atoms with E-state index in [4.69, 9.17) is 0 Å². The highest BCUT2D eigenvalue weighted by molar-refractivity contribution is 5.57. The number of para-hydroxylation sites is 1. The van der Waals surface area contributed by atoms with E-state index in [2.05, 4.69) is 0 Å². The minimum Gasteiger partial charge on any atom is -0.376 e. The molecule has 1 heterocycles. The first-order valence-corrected chi connectivity index (χ1v) is 13.1. The highest BCUT2D eigenvalue weighted by Gasteiger charge is 2.39. The van der Waals surface area contributed by atoms with Gasteiger partial charge in [0.25, 0.3) is 0 Å². The summed E-state index contributed by atoms with van der Waals surface area (Å²) in [5.41, 5.74) is 2.34. The van der Waals surface area contributed by atoms with Crippen LogP contribution in [-0.4, -0.2) is 14.8 Å². The van der Waals surface area contributed by atoms with Crippen molar-refractivity contribution in [3.63, 3.8) is 0 Å². The van der Waals surface area contributed by atoms with Crippen LogP contribution in [0.2, 0.25) is 0 Å². The quantitative estimate of drug-likeness (QED) is 0.228. The Morgan fingerprint density at radius 3 is 1.23 bits per heavy atom. The maximum Gasteiger partial charge on any atom is 0.155 e. The summed E-state index contributed by atoms with van der Waals surface area (Å²) in [5.74, 6) is 0. The maximum absolute atomic E-state index is 12.7. The number of aromatic nitrogens is 1. The Balaban J connectivity index is 1.62. The lowest BCUT2D eigenvalue weighted by Gasteiger charge is -2.34. The number of benzene rings is 5. The van der Waals surface area contributed by atoms with E-state index in [-0.39, 0.29) is 0 Å². The van der Waals surface area contributed by atoms with Crippen LogP contribution in [0.1, 0.15) is 33.5 Å². The fraction of sp³-hybridized carbons (Fsp3) is 0.0556. The predicted octanol–water partition coefficient (Wildman–Crippen LogP) is 7.05. The molecule has 0 aliphatic heterocycles. The van der Waals surface area contributed by atoms with Crippen molar-refractivity contribution in [1.82, 2.24) is 4.57 Å². The average Bonchev–Trinajstić information content (AvgIpc) is 3.53. The standard InChI is InChI=1S/C36H29NO2/c38-35(28-16-5-1-6-17-28,29-18-7-2-8-19-29)32-24-13-14-25-33(32)37-27-15-26-34(37)36(39,30-20-9-3-10-21-30)31-22-11-4-12-23-31/h1-27,38-39H. The Labute approximate surface area is 228 Å². The number of hydrogen-bond acceptors (Lipinski definition) is 2. The summed E-state index contributed by atoms with van der Waals surface area (Å²) < 4.78 is 1.99. The first-order chi connectivity index (χ1) is 19.1. The van der Waals surface area contributed by atoms with Crippen LogP contribution in [0.25, 0.3) is 5.69 Å². The van der Waals surface area contributed by atoms with Crippen molar-refractivity contribution < 1.29 is 10.2 Å². The molecule has 0 aliphatic rings. The third kappa shape index (κ3) is 4.18. The fourth-order valence-electron chi connectivity index (χ4n) is 5.53. The second-order valence-corrected chi connectivity index (χ2v) is 9.67. The number of hydrogen-bond donors (Lipinski definition) is 2. The molecule has 5 aromatic carbocycles. The highest BCUT2D eigenvalue weighted by atomic mass is 16.3. The summed E-state index contributed by atoms with van der Waals surface area (Å²) in [7, 11) is 0. The summed E-state index contributed by atoms with van der Waals surface area (Å²) in [6.07, 6.45) is 1.95. The molecule has 0 bridgehead atoms. The SMILES string of the molecule is OC(c1ccccc1)(c1ccccc1)c1ccccc1-n1cccc1C(O)(c1ccccc1)c1ccccc1. The summed E-state index contributed by atoms with van der Waals surface area (Å²) in [6.45, 7) is 0. The second-order valence-electron chi connectivity index (χ2n) is 9.67. The van der Waals surface area contributed by atoms with Gasteiger partial charge in [-0.05, 0) is 40.5 Å². The molecule has 1 aromatic heterocycles. The summed E-state index contributed by atoms with van der Waals surface area (Å²) in [6, 6.07) is 50.6. The lowest BCUT2D eigenvalue weighted by Crippen LogP contribution is -2.33. The molecule has 2 N–H and O–H groups in total. The van der Waals surface area contributed by atoms with Gasteiger partial charge in [0, 0.05) is 11.8 Å². The molecule has 3 nitrogen and oxygen atoms in total. The predicted molar refractivity (Wildman–Crippen MR) is 156 cm³/mol. The molecule has 0 atom stereocenters. The molecule has 0 aliphatic carbocycles. The average molecular weight is 508 g/mol. The van der Waals surface area contributed by atoms with Gasteiger partial charge in [0.15, 0.2) is 5.60 Å². The molecule has 190 valence electrons. The minimum atomic E-state index is -1.43. The van der Waals surface area contributed by atoms with Gasteiger partial charge in [-0.1, -0.05) is 140 Å². The van der Waals surface area contributed by atoms with E-state index in [9.17, 15) is 10.2 Å². The third-order valence-electron chi connectivity index (χ3n) is 7.44. The largest absolute Gasteiger partial charge is 0.376 e. The van der Waals surface area contributed by atoms with E-state index in [1.165, 1.54) is 0 Å². The van der Waals surface area contributed by atoms with E-state index in [0.717, 1.165) is 27.9 Å². The van der Waals surface area contributed by atoms with Crippen LogP contribution < -0.4 is 0 Å². The summed E-state index contributed by atoms with van der Waals surface area (Å²) in [4.78, 5) is 0. The third-order valence-corrected chi connectivity index (χ3v) is 7.44. The monoisotopic (exact) mass is 507 g/mol. The van der Waals surface area contributed by atoms with Crippen LogP contribution in [0, 0.1) is 0 Å². The summed E-state index contributed by atoms with van der Waals surface area (Å²) >= 11 is 0. The molecular formula is C36H29NO2. The van der Waals surface area contributed by atoms with Gasteiger partial charge < -0.3 is 14.8 Å². The van der Waals surface area contributed by atoms with Crippen LogP contribution in [0.15, 0.2) is 164 Å². The fourth-order valence-corrected chi connectivity index (χ4v) is 5.53. The Kier molecular flexibility index (Phi) is 6.45. The van der Waals surface area contributed by atoms with Crippen molar-refractivity contribution in [3.8, 4) is 5.69 Å². The lowest BCUT2D eigenvalue weighted by molar-refractivity contribution is 0.117. The topological polar surface area (TPSA) is 45.4 Å². The van der Waals surface area contributed by atoms with Crippen molar-refractivity contribution >= 4 is 0 Å². The molecule has 6 aromatic rings. The molecule has 0 radical (unpaired) electrons. The van der Waals surface area contributed by atoms with Gasteiger partial charge in [0.05, 0.1) is 11.4 Å². The van der Waals surface area contributed by atoms with E-state index in [0.29, 0.717) is 11.3 Å². The Hall–Kier alpha value is -4.70. The van der Waals surface area contributed by atoms with Gasteiger partial charge in [-0.15, -0.1) is 0 Å². The number of rotatable bonds is 7. The highest BCUT2D eigenvalue weighted by Crippen LogP contribution is 2.42. The maximum atomic E-state index is 12.7. The zero-order chi connectivity index (χ0) is 26.7. The van der Waals surface area contributed by atoms with E-state index < -0.39 is 11.2 Å². The van der Waals surface area contributed by atoms with Crippen molar-refractivity contribution in [2.75, 3.05) is 0 Å². The molecule has 0 unspecified atom stereocenters. The van der Waals surface area contributed by atoms with Gasteiger partial charge in [-0.2, -0.15) is 0 Å². The van der Waals surface area contributed by atoms with Crippen molar-refractivity contribution in [2.45, 2.75) is 11.2 Å². The van der Waals surface area contributed by atoms with Crippen molar-refractivity contribution in [2.24, 2.45) is 0 Å². The number of nitrogens with zero attached hydrogens (tertiary/aromatic N) is 1. The molecule has 6 rings (SSSR count). The van der Waals surface area contributed by atoms with E-state index in [1.807, 2.05) is 168 Å². The molecule has 0 fully saturated rings. The minimum absolute atomic E-state index is 0.677. The first kappa shape index (κ1) is 24.6. The first-order valence-electron chi connectivity index (χ1n) is 13.1. The Bertz CT molecular complexity index is 1580. The van der Waals surface area contributed by atoms with Crippen molar-refractivity contribution in [1.29, 1.82) is 0 Å². The normalized spacial score (nSPS) is 11.8. The van der Waals surface area contributed by atoms with Crippen LogP contribution >= 0.6 is 0 Å². The zero-order valence-electron chi connectivity index (χ0n) is 21.4. The molecule has 0 saturated heterocycles. The van der Waals surface area contributed by atoms with Gasteiger partial charge in [0.1, 0.15) is 5.60 Å². The molecule has 39 heavy (non-hydrogen) atoms. The molecule has 3 heteroatoms. The second kappa shape index (κ2) is 10.2. The number of aliphatic hydroxyl groups is 2. The zero-order valence-corrected chi connectivity index (χ0v) is 21.4. The Morgan fingerprint density at radius 2 is 0.769 bits per heavy atom. The van der Waals surface area contributed by atoms with Crippen LogP contribution in [0.3, 0.4) is 0 Å². The van der Waals surface area contributed by atoms with E-state index in [1.54, 1.807) is 0 Å². The van der Waals surface area contributed by atoms with Crippen LogP contribution in [0.5, 0.6) is 0 Å². The molecule has 0 saturated carbocycles. The molecular weight excluding hydrogens is 478 g/mol. The molecule has 0 amide bonds. The van der Waals surface area contributed by atoms with Crippen LogP contribution in [-0.2, 0) is 11.2 Å². The lowest BCUT2D eigenvalue weighted by atomic mass is 9.79. The summed E-state index contributed by atoms with van der Waals surface area (Å²) in [5, 5.41) is 25.3. The Morgan fingerprint density at radius 1 is 0.385 bits per heavy atom. The van der Waals surface area contributed by atoms with E-state index >= 15 is 0 Å². The van der Waals surface area contributed by atoms with Gasteiger partial charge in [-0.25, -0.2) is 0 Å². The van der Waals surface area contributed by atoms with Crippen LogP contribution in [0.4, 0.5) is 0 Å². The van der Waals surface area contributed by atoms with Crippen molar-refractivity contribution in [3.05, 3.63) is 197 Å². The van der Waals surface area contributed by atoms with Gasteiger partial charge >= 0.3 is 0 Å². The smallest absolute Gasteiger partial charge is 0.155 e. The van der Waals surface area contributed by atoms with Gasteiger partial charge in [-0.3, -0.25) is 0 Å². The molecule has 0 spiro atoms. The van der Waals surface area contributed by atoms with Gasteiger partial charge in [0.2, 0.25) is 0 Å².